The molecule has 1 aliphatic carbocycles. The summed E-state index contributed by atoms with van der Waals surface area (Å²) < 4.78 is 6.82. The van der Waals surface area contributed by atoms with Crippen LogP contribution >= 0.6 is 15.9 Å². The Hall–Kier alpha value is -2.14. The standard InChI is InChI=1S/C22H20BrNO3/c23-16-8-6-15(7-9-16)21(10-3-11-21)20(26)24-13-12-22(14-24)18-5-2-1-4-17(18)19(25)27-22/h1-2,4-9H,3,10-14H2/t22-/m0/s1. The molecule has 1 spiro atoms. The molecule has 4 nitrogen and oxygen atoms in total. The smallest absolute Gasteiger partial charge is 0.339 e. The summed E-state index contributed by atoms with van der Waals surface area (Å²) in [5, 5.41) is 0. The van der Waals surface area contributed by atoms with Crippen LogP contribution in [-0.2, 0) is 20.5 Å². The first-order chi connectivity index (χ1) is 13.0. The van der Waals surface area contributed by atoms with E-state index in [1.54, 1.807) is 0 Å². The largest absolute Gasteiger partial charge is 0.449 e. The highest BCUT2D eigenvalue weighted by Crippen LogP contribution is 2.49. The third-order valence-corrected chi connectivity index (χ3v) is 6.99. The molecule has 138 valence electrons. The minimum Gasteiger partial charge on any atom is -0.449 e. The first kappa shape index (κ1) is 17.0. The van der Waals surface area contributed by atoms with Crippen LogP contribution in [0.15, 0.2) is 53.0 Å². The molecule has 3 aliphatic rings. The second-order valence-corrected chi connectivity index (χ2v) is 8.76. The monoisotopic (exact) mass is 425 g/mol. The van der Waals surface area contributed by atoms with E-state index in [2.05, 4.69) is 28.1 Å². The molecule has 2 aliphatic heterocycles. The van der Waals surface area contributed by atoms with E-state index < -0.39 is 11.0 Å². The molecule has 0 bridgehead atoms. The predicted octanol–water partition coefficient (Wildman–Crippen LogP) is 4.17. The van der Waals surface area contributed by atoms with Crippen molar-refractivity contribution in [2.24, 2.45) is 0 Å². The highest BCUT2D eigenvalue weighted by atomic mass is 79.9. The van der Waals surface area contributed by atoms with Gasteiger partial charge in [0.15, 0.2) is 5.60 Å². The lowest BCUT2D eigenvalue weighted by Crippen LogP contribution is -2.51. The summed E-state index contributed by atoms with van der Waals surface area (Å²) in [5.74, 6) is -0.0976. The third kappa shape index (κ3) is 2.40. The highest BCUT2D eigenvalue weighted by molar-refractivity contribution is 9.10. The average Bonchev–Trinajstić information content (AvgIpc) is 3.18. The van der Waals surface area contributed by atoms with Crippen LogP contribution < -0.4 is 0 Å². The molecule has 0 radical (unpaired) electrons. The summed E-state index contributed by atoms with van der Waals surface area (Å²) in [6.07, 6.45) is 3.50. The zero-order valence-corrected chi connectivity index (χ0v) is 16.5. The summed E-state index contributed by atoms with van der Waals surface area (Å²) >= 11 is 3.47. The molecule has 2 aromatic carbocycles. The molecular weight excluding hydrogens is 406 g/mol. The van der Waals surface area contributed by atoms with Gasteiger partial charge in [0.25, 0.3) is 0 Å². The van der Waals surface area contributed by atoms with E-state index in [0.29, 0.717) is 25.1 Å². The fourth-order valence-corrected chi connectivity index (χ4v) is 5.10. The number of rotatable bonds is 2. The van der Waals surface area contributed by atoms with Crippen molar-refractivity contribution >= 4 is 27.8 Å². The van der Waals surface area contributed by atoms with E-state index in [4.69, 9.17) is 4.74 Å². The minimum atomic E-state index is -0.673. The molecule has 0 N–H and O–H groups in total. The van der Waals surface area contributed by atoms with Crippen molar-refractivity contribution < 1.29 is 14.3 Å². The highest BCUT2D eigenvalue weighted by Gasteiger charge is 2.55. The van der Waals surface area contributed by atoms with Gasteiger partial charge in [-0.1, -0.05) is 52.7 Å². The Balaban J connectivity index is 1.44. The minimum absolute atomic E-state index is 0.174. The van der Waals surface area contributed by atoms with Crippen LogP contribution in [0, 0.1) is 0 Å². The number of likely N-dealkylation sites (tertiary alicyclic amines) is 1. The molecule has 1 saturated heterocycles. The lowest BCUT2D eigenvalue weighted by Gasteiger charge is -2.43. The average molecular weight is 426 g/mol. The van der Waals surface area contributed by atoms with Crippen molar-refractivity contribution in [1.29, 1.82) is 0 Å². The van der Waals surface area contributed by atoms with Crippen molar-refractivity contribution in [2.45, 2.75) is 36.7 Å². The van der Waals surface area contributed by atoms with Crippen molar-refractivity contribution in [2.75, 3.05) is 13.1 Å². The quantitative estimate of drug-likeness (QED) is 0.678. The van der Waals surface area contributed by atoms with Gasteiger partial charge in [0.2, 0.25) is 5.91 Å². The second kappa shape index (κ2) is 5.93. The zero-order valence-electron chi connectivity index (χ0n) is 14.9. The van der Waals surface area contributed by atoms with Gasteiger partial charge in [-0.15, -0.1) is 0 Å². The molecule has 0 aromatic heterocycles. The molecule has 1 amide bonds. The molecule has 2 heterocycles. The summed E-state index contributed by atoms with van der Waals surface area (Å²) in [4.78, 5) is 27.7. The van der Waals surface area contributed by atoms with Crippen LogP contribution in [0.25, 0.3) is 0 Å². The summed E-state index contributed by atoms with van der Waals surface area (Å²) in [6.45, 7) is 1.07. The van der Waals surface area contributed by atoms with E-state index in [9.17, 15) is 9.59 Å². The van der Waals surface area contributed by atoms with Crippen molar-refractivity contribution in [3.63, 3.8) is 0 Å². The number of ether oxygens (including phenoxy) is 1. The van der Waals surface area contributed by atoms with E-state index >= 15 is 0 Å². The SMILES string of the molecule is O=C1O[C@]2(CCN(C(=O)C3(c4ccc(Br)cc4)CCC3)C2)c2ccccc21. The fourth-order valence-electron chi connectivity index (χ4n) is 4.83. The number of carbonyl (C=O) groups is 2. The number of hydrogen-bond acceptors (Lipinski definition) is 3. The van der Waals surface area contributed by atoms with Gasteiger partial charge in [0.1, 0.15) is 0 Å². The molecule has 1 saturated carbocycles. The van der Waals surface area contributed by atoms with Gasteiger partial charge in [0.05, 0.1) is 17.5 Å². The lowest BCUT2D eigenvalue weighted by atomic mass is 9.63. The Bertz CT molecular complexity index is 935. The maximum Gasteiger partial charge on any atom is 0.339 e. The first-order valence-electron chi connectivity index (χ1n) is 9.42. The van der Waals surface area contributed by atoms with E-state index in [-0.39, 0.29) is 11.9 Å². The number of amides is 1. The molecule has 2 aromatic rings. The first-order valence-corrected chi connectivity index (χ1v) is 10.2. The van der Waals surface area contributed by atoms with Crippen molar-refractivity contribution in [3.8, 4) is 0 Å². The molecule has 2 fully saturated rings. The van der Waals surface area contributed by atoms with E-state index in [0.717, 1.165) is 34.9 Å². The number of esters is 1. The number of benzene rings is 2. The fraction of sp³-hybridized carbons (Fsp3) is 0.364. The number of fused-ring (bicyclic) bond motifs is 2. The Labute approximate surface area is 166 Å². The van der Waals surface area contributed by atoms with Gasteiger partial charge < -0.3 is 9.64 Å². The predicted molar refractivity (Wildman–Crippen MR) is 104 cm³/mol. The number of carbonyl (C=O) groups excluding carboxylic acids is 2. The van der Waals surface area contributed by atoms with E-state index in [1.807, 2.05) is 41.3 Å². The van der Waals surface area contributed by atoms with Crippen LogP contribution in [0.3, 0.4) is 0 Å². The number of hydrogen-bond donors (Lipinski definition) is 0. The molecule has 27 heavy (non-hydrogen) atoms. The topological polar surface area (TPSA) is 46.6 Å². The molecule has 5 rings (SSSR count). The summed E-state index contributed by atoms with van der Waals surface area (Å²) in [6, 6.07) is 15.7. The molecule has 1 atom stereocenters. The molecular formula is C22H20BrNO3. The van der Waals surface area contributed by atoms with Crippen LogP contribution in [0.5, 0.6) is 0 Å². The number of halogens is 1. The van der Waals surface area contributed by atoms with Gasteiger partial charge in [-0.25, -0.2) is 4.79 Å². The van der Waals surface area contributed by atoms with Crippen LogP contribution in [0.2, 0.25) is 0 Å². The Morgan fingerprint density at radius 1 is 1.04 bits per heavy atom. The Kier molecular flexibility index (Phi) is 3.73. The van der Waals surface area contributed by atoms with Gasteiger partial charge in [-0.05, 0) is 36.6 Å². The van der Waals surface area contributed by atoms with Crippen LogP contribution in [0.4, 0.5) is 0 Å². The summed E-state index contributed by atoms with van der Waals surface area (Å²) in [5.41, 5.74) is 1.56. The zero-order chi connectivity index (χ0) is 18.6. The maximum atomic E-state index is 13.5. The van der Waals surface area contributed by atoms with Crippen molar-refractivity contribution in [1.82, 2.24) is 4.90 Å². The maximum absolute atomic E-state index is 13.5. The van der Waals surface area contributed by atoms with Gasteiger partial charge in [-0.2, -0.15) is 0 Å². The van der Waals surface area contributed by atoms with Gasteiger partial charge in [-0.3, -0.25) is 4.79 Å². The lowest BCUT2D eigenvalue weighted by molar-refractivity contribution is -0.140. The molecule has 5 heteroatoms. The van der Waals surface area contributed by atoms with Crippen LogP contribution in [0.1, 0.15) is 47.2 Å². The van der Waals surface area contributed by atoms with Crippen molar-refractivity contribution in [3.05, 3.63) is 69.7 Å². The Morgan fingerprint density at radius 3 is 2.48 bits per heavy atom. The van der Waals surface area contributed by atoms with Crippen LogP contribution in [-0.4, -0.2) is 29.9 Å². The summed E-state index contributed by atoms with van der Waals surface area (Å²) in [7, 11) is 0. The third-order valence-electron chi connectivity index (χ3n) is 6.46. The molecule has 0 unspecified atom stereocenters. The second-order valence-electron chi connectivity index (χ2n) is 7.85. The normalized spacial score (nSPS) is 25.2. The number of nitrogens with zero attached hydrogens (tertiary/aromatic N) is 1. The van der Waals surface area contributed by atoms with Gasteiger partial charge in [0, 0.05) is 23.0 Å². The van der Waals surface area contributed by atoms with E-state index in [1.165, 1.54) is 0 Å². The van der Waals surface area contributed by atoms with Gasteiger partial charge >= 0.3 is 5.97 Å². The Morgan fingerprint density at radius 2 is 1.78 bits per heavy atom.